The number of hydrogen-bond acceptors (Lipinski definition) is 3. The molecule has 0 aromatic carbocycles. The van der Waals surface area contributed by atoms with Gasteiger partial charge in [0, 0.05) is 25.0 Å². The first kappa shape index (κ1) is 16.7. The molecule has 1 atom stereocenters. The molecule has 2 aliphatic heterocycles. The minimum Gasteiger partial charge on any atom is -0.381 e. The van der Waals surface area contributed by atoms with Gasteiger partial charge in [0.1, 0.15) is 0 Å². The Hall–Kier alpha value is -0.320. The Kier molecular flexibility index (Phi) is 7.11. The molecule has 5 heteroatoms. The van der Waals surface area contributed by atoms with E-state index in [1.54, 1.807) is 0 Å². The van der Waals surface area contributed by atoms with Crippen molar-refractivity contribution in [3.8, 4) is 0 Å². The highest BCUT2D eigenvalue weighted by Crippen LogP contribution is 2.26. The van der Waals surface area contributed by atoms with Gasteiger partial charge in [0.2, 0.25) is 5.91 Å². The summed E-state index contributed by atoms with van der Waals surface area (Å²) in [6.45, 7) is 6.79. The topological polar surface area (TPSA) is 50.4 Å². The van der Waals surface area contributed by atoms with Gasteiger partial charge in [0.05, 0.1) is 6.61 Å². The van der Waals surface area contributed by atoms with Gasteiger partial charge in [-0.05, 0) is 44.7 Å². The molecule has 2 N–H and O–H groups in total. The molecule has 112 valence electrons. The van der Waals surface area contributed by atoms with Gasteiger partial charge in [-0.25, -0.2) is 0 Å². The Morgan fingerprint density at radius 3 is 2.79 bits per heavy atom. The van der Waals surface area contributed by atoms with Gasteiger partial charge >= 0.3 is 0 Å². The van der Waals surface area contributed by atoms with Crippen molar-refractivity contribution in [1.29, 1.82) is 0 Å². The smallest absolute Gasteiger partial charge is 0.220 e. The van der Waals surface area contributed by atoms with E-state index in [0.29, 0.717) is 6.42 Å². The van der Waals surface area contributed by atoms with Crippen molar-refractivity contribution >= 4 is 18.3 Å². The number of piperidine rings is 1. The molecule has 2 fully saturated rings. The lowest BCUT2D eigenvalue weighted by Crippen LogP contribution is -2.36. The van der Waals surface area contributed by atoms with E-state index in [-0.39, 0.29) is 23.7 Å². The summed E-state index contributed by atoms with van der Waals surface area (Å²) in [4.78, 5) is 11.8. The lowest BCUT2D eigenvalue weighted by molar-refractivity contribution is -0.121. The third kappa shape index (κ3) is 5.67. The third-order valence-corrected chi connectivity index (χ3v) is 4.25. The molecule has 0 bridgehead atoms. The molecule has 0 saturated carbocycles. The standard InChI is InChI=1S/C14H26N2O2.ClH/c1-14(6-9-18-11-14)10-16-13(17)3-2-12-4-7-15-8-5-12;/h12,15H,2-11H2,1H3,(H,16,17);1H. The van der Waals surface area contributed by atoms with E-state index in [0.717, 1.165) is 51.6 Å². The molecule has 0 radical (unpaired) electrons. The molecular weight excluding hydrogens is 264 g/mol. The van der Waals surface area contributed by atoms with Crippen LogP contribution in [0.4, 0.5) is 0 Å². The van der Waals surface area contributed by atoms with Crippen LogP contribution in [0, 0.1) is 11.3 Å². The number of carbonyl (C=O) groups is 1. The van der Waals surface area contributed by atoms with E-state index in [2.05, 4.69) is 17.6 Å². The molecule has 4 nitrogen and oxygen atoms in total. The van der Waals surface area contributed by atoms with Crippen LogP contribution in [0.25, 0.3) is 0 Å². The second-order valence-electron chi connectivity index (χ2n) is 6.12. The fourth-order valence-corrected chi connectivity index (χ4v) is 2.75. The zero-order valence-corrected chi connectivity index (χ0v) is 12.7. The Morgan fingerprint density at radius 1 is 1.42 bits per heavy atom. The molecule has 1 unspecified atom stereocenters. The maximum absolute atomic E-state index is 11.8. The van der Waals surface area contributed by atoms with Crippen LogP contribution in [-0.4, -0.2) is 38.8 Å². The molecule has 2 rings (SSSR count). The van der Waals surface area contributed by atoms with Gasteiger partial charge in [-0.1, -0.05) is 6.92 Å². The molecule has 0 spiro atoms. The molecule has 2 aliphatic rings. The monoisotopic (exact) mass is 290 g/mol. The van der Waals surface area contributed by atoms with Crippen LogP contribution in [0.1, 0.15) is 39.0 Å². The zero-order valence-electron chi connectivity index (χ0n) is 11.9. The number of rotatable bonds is 5. The van der Waals surface area contributed by atoms with Crippen molar-refractivity contribution in [2.24, 2.45) is 11.3 Å². The Bertz CT molecular complexity index is 275. The molecule has 1 amide bonds. The fraction of sp³-hybridized carbons (Fsp3) is 0.929. The number of nitrogens with one attached hydrogen (secondary N) is 2. The Labute approximate surface area is 122 Å². The number of amides is 1. The number of ether oxygens (including phenoxy) is 1. The van der Waals surface area contributed by atoms with E-state index in [4.69, 9.17) is 4.74 Å². The van der Waals surface area contributed by atoms with Crippen LogP contribution in [-0.2, 0) is 9.53 Å². The van der Waals surface area contributed by atoms with Crippen LogP contribution in [0.2, 0.25) is 0 Å². The van der Waals surface area contributed by atoms with E-state index >= 15 is 0 Å². The third-order valence-electron chi connectivity index (χ3n) is 4.25. The van der Waals surface area contributed by atoms with E-state index in [1.165, 1.54) is 12.8 Å². The first-order chi connectivity index (χ1) is 8.68. The summed E-state index contributed by atoms with van der Waals surface area (Å²) >= 11 is 0. The minimum atomic E-state index is 0. The largest absolute Gasteiger partial charge is 0.381 e. The average molecular weight is 291 g/mol. The van der Waals surface area contributed by atoms with E-state index in [1.807, 2.05) is 0 Å². The van der Waals surface area contributed by atoms with Crippen LogP contribution < -0.4 is 10.6 Å². The predicted octanol–water partition coefficient (Wildman–Crippen LogP) is 1.73. The maximum atomic E-state index is 11.8. The van der Waals surface area contributed by atoms with Crippen LogP contribution in [0.3, 0.4) is 0 Å². The summed E-state index contributed by atoms with van der Waals surface area (Å²) < 4.78 is 5.39. The average Bonchev–Trinajstić information content (AvgIpc) is 2.83. The predicted molar refractivity (Wildman–Crippen MR) is 78.6 cm³/mol. The normalized spacial score (nSPS) is 27.8. The van der Waals surface area contributed by atoms with Crippen molar-refractivity contribution in [2.45, 2.75) is 39.0 Å². The molecule has 19 heavy (non-hydrogen) atoms. The first-order valence-electron chi connectivity index (χ1n) is 7.23. The van der Waals surface area contributed by atoms with Gasteiger partial charge < -0.3 is 15.4 Å². The van der Waals surface area contributed by atoms with Gasteiger partial charge in [0.25, 0.3) is 0 Å². The summed E-state index contributed by atoms with van der Waals surface area (Å²) in [5.41, 5.74) is 0.157. The van der Waals surface area contributed by atoms with Crippen molar-refractivity contribution < 1.29 is 9.53 Å². The molecule has 2 heterocycles. The van der Waals surface area contributed by atoms with Crippen molar-refractivity contribution in [3.05, 3.63) is 0 Å². The highest BCUT2D eigenvalue weighted by Gasteiger charge is 2.29. The van der Waals surface area contributed by atoms with Crippen molar-refractivity contribution in [2.75, 3.05) is 32.8 Å². The van der Waals surface area contributed by atoms with Gasteiger partial charge in [-0.3, -0.25) is 4.79 Å². The second-order valence-corrected chi connectivity index (χ2v) is 6.12. The summed E-state index contributed by atoms with van der Waals surface area (Å²) in [5.74, 6) is 0.948. The number of carbonyl (C=O) groups excluding carboxylic acids is 1. The maximum Gasteiger partial charge on any atom is 0.220 e. The van der Waals surface area contributed by atoms with Crippen molar-refractivity contribution in [3.63, 3.8) is 0 Å². The van der Waals surface area contributed by atoms with E-state index < -0.39 is 0 Å². The molecule has 0 aliphatic carbocycles. The quantitative estimate of drug-likeness (QED) is 0.811. The molecule has 2 saturated heterocycles. The van der Waals surface area contributed by atoms with Crippen LogP contribution >= 0.6 is 12.4 Å². The highest BCUT2D eigenvalue weighted by atomic mass is 35.5. The fourth-order valence-electron chi connectivity index (χ4n) is 2.75. The Balaban J connectivity index is 0.00000180. The lowest BCUT2D eigenvalue weighted by atomic mass is 9.90. The summed E-state index contributed by atoms with van der Waals surface area (Å²) in [5, 5.41) is 6.43. The highest BCUT2D eigenvalue weighted by molar-refractivity contribution is 5.85. The molecular formula is C14H27ClN2O2. The first-order valence-corrected chi connectivity index (χ1v) is 7.23. The Morgan fingerprint density at radius 2 is 2.16 bits per heavy atom. The number of hydrogen-bond donors (Lipinski definition) is 2. The number of halogens is 1. The van der Waals surface area contributed by atoms with Crippen LogP contribution in [0.15, 0.2) is 0 Å². The molecule has 0 aromatic heterocycles. The summed E-state index contributed by atoms with van der Waals surface area (Å²) in [7, 11) is 0. The van der Waals surface area contributed by atoms with Crippen LogP contribution in [0.5, 0.6) is 0 Å². The van der Waals surface area contributed by atoms with Crippen molar-refractivity contribution in [1.82, 2.24) is 10.6 Å². The van der Waals surface area contributed by atoms with E-state index in [9.17, 15) is 4.79 Å². The SMILES string of the molecule is CC1(CNC(=O)CCC2CCNCC2)CCOC1.Cl. The van der Waals surface area contributed by atoms with Gasteiger partial charge in [0.15, 0.2) is 0 Å². The van der Waals surface area contributed by atoms with Gasteiger partial charge in [-0.2, -0.15) is 0 Å². The lowest BCUT2D eigenvalue weighted by Gasteiger charge is -2.24. The molecule has 0 aromatic rings. The summed E-state index contributed by atoms with van der Waals surface area (Å²) in [6.07, 6.45) is 5.22. The minimum absolute atomic E-state index is 0. The second kappa shape index (κ2) is 8.08. The van der Waals surface area contributed by atoms with Gasteiger partial charge in [-0.15, -0.1) is 12.4 Å². The zero-order chi connectivity index (χ0) is 12.8. The summed E-state index contributed by atoms with van der Waals surface area (Å²) in [6, 6.07) is 0.